The Bertz CT molecular complexity index is 702. The van der Waals surface area contributed by atoms with Crippen LogP contribution in [0.15, 0.2) is 59.5 Å². The Balaban J connectivity index is 2.50. The highest BCUT2D eigenvalue weighted by molar-refractivity contribution is 7.92. The lowest BCUT2D eigenvalue weighted by Crippen LogP contribution is -2.36. The third kappa shape index (κ3) is 3.59. The maximum Gasteiger partial charge on any atom is 0.264 e. The first-order valence-corrected chi connectivity index (χ1v) is 7.86. The van der Waals surface area contributed by atoms with E-state index in [1.165, 1.54) is 25.1 Å². The number of sulfonamides is 1. The monoisotopic (exact) mass is 309 g/mol. The molecule has 21 heavy (non-hydrogen) atoms. The SMILES string of the molecule is C[C@H](O)CN(c1ccccc1)S(=O)(=O)c1cccc(F)c1. The number of rotatable bonds is 5. The second-order valence-corrected chi connectivity index (χ2v) is 6.54. The zero-order valence-corrected chi connectivity index (χ0v) is 12.3. The van der Waals surface area contributed by atoms with Crippen LogP contribution in [0.1, 0.15) is 6.92 Å². The van der Waals surface area contributed by atoms with Gasteiger partial charge in [0.2, 0.25) is 0 Å². The summed E-state index contributed by atoms with van der Waals surface area (Å²) in [5.41, 5.74) is 0.419. The van der Waals surface area contributed by atoms with Gasteiger partial charge in [-0.3, -0.25) is 4.31 Å². The predicted octanol–water partition coefficient (Wildman–Crippen LogP) is 2.40. The average molecular weight is 309 g/mol. The van der Waals surface area contributed by atoms with Gasteiger partial charge in [0, 0.05) is 0 Å². The lowest BCUT2D eigenvalue weighted by Gasteiger charge is -2.25. The van der Waals surface area contributed by atoms with Gasteiger partial charge in [-0.1, -0.05) is 24.3 Å². The number of hydrogen-bond acceptors (Lipinski definition) is 3. The van der Waals surface area contributed by atoms with E-state index >= 15 is 0 Å². The fourth-order valence-electron chi connectivity index (χ4n) is 1.93. The first-order valence-electron chi connectivity index (χ1n) is 6.42. The first kappa shape index (κ1) is 15.5. The smallest absolute Gasteiger partial charge is 0.264 e. The second kappa shape index (κ2) is 6.24. The minimum Gasteiger partial charge on any atom is -0.392 e. The number of aliphatic hydroxyl groups excluding tert-OH is 1. The Hall–Kier alpha value is -1.92. The van der Waals surface area contributed by atoms with Crippen molar-refractivity contribution in [2.75, 3.05) is 10.8 Å². The number of nitrogens with zero attached hydrogens (tertiary/aromatic N) is 1. The number of halogens is 1. The molecule has 0 saturated heterocycles. The minimum atomic E-state index is -3.94. The molecule has 1 atom stereocenters. The van der Waals surface area contributed by atoms with Gasteiger partial charge in [-0.15, -0.1) is 0 Å². The van der Waals surface area contributed by atoms with Crippen molar-refractivity contribution in [2.45, 2.75) is 17.9 Å². The molecule has 0 spiro atoms. The molecule has 0 aliphatic carbocycles. The van der Waals surface area contributed by atoms with Crippen molar-refractivity contribution >= 4 is 15.7 Å². The maximum absolute atomic E-state index is 13.3. The minimum absolute atomic E-state index is 0.108. The molecule has 0 amide bonds. The zero-order chi connectivity index (χ0) is 15.5. The summed E-state index contributed by atoms with van der Waals surface area (Å²) in [5.74, 6) is -0.624. The van der Waals surface area contributed by atoms with Crippen molar-refractivity contribution < 1.29 is 17.9 Å². The van der Waals surface area contributed by atoms with Crippen LogP contribution in [0.2, 0.25) is 0 Å². The standard InChI is InChI=1S/C15H16FNO3S/c1-12(18)11-17(14-7-3-2-4-8-14)21(19,20)15-9-5-6-13(16)10-15/h2-10,12,18H,11H2,1H3/t12-/m0/s1. The van der Waals surface area contributed by atoms with Gasteiger partial charge in [-0.05, 0) is 37.3 Å². The van der Waals surface area contributed by atoms with Crippen LogP contribution in [0.5, 0.6) is 0 Å². The van der Waals surface area contributed by atoms with E-state index in [9.17, 15) is 17.9 Å². The summed E-state index contributed by atoms with van der Waals surface area (Å²) < 4.78 is 39.7. The summed E-state index contributed by atoms with van der Waals surface area (Å²) in [7, 11) is -3.94. The van der Waals surface area contributed by atoms with Crippen LogP contribution in [0, 0.1) is 5.82 Å². The van der Waals surface area contributed by atoms with Crippen LogP contribution < -0.4 is 4.31 Å². The Morgan fingerprint density at radius 2 is 1.81 bits per heavy atom. The molecule has 0 unspecified atom stereocenters. The molecule has 0 aliphatic rings. The van der Waals surface area contributed by atoms with Crippen LogP contribution >= 0.6 is 0 Å². The maximum atomic E-state index is 13.3. The largest absolute Gasteiger partial charge is 0.392 e. The summed E-state index contributed by atoms with van der Waals surface area (Å²) >= 11 is 0. The molecule has 2 aromatic rings. The van der Waals surface area contributed by atoms with Crippen LogP contribution in [-0.2, 0) is 10.0 Å². The Morgan fingerprint density at radius 3 is 2.38 bits per heavy atom. The average Bonchev–Trinajstić information content (AvgIpc) is 2.45. The van der Waals surface area contributed by atoms with E-state index in [1.807, 2.05) is 0 Å². The quantitative estimate of drug-likeness (QED) is 0.922. The van der Waals surface area contributed by atoms with E-state index in [0.29, 0.717) is 5.69 Å². The van der Waals surface area contributed by atoms with Crippen molar-refractivity contribution in [3.8, 4) is 0 Å². The Morgan fingerprint density at radius 1 is 1.14 bits per heavy atom. The normalized spacial score (nSPS) is 12.9. The van der Waals surface area contributed by atoms with E-state index in [-0.39, 0.29) is 11.4 Å². The van der Waals surface area contributed by atoms with E-state index in [4.69, 9.17) is 0 Å². The van der Waals surface area contributed by atoms with E-state index in [0.717, 1.165) is 10.4 Å². The summed E-state index contributed by atoms with van der Waals surface area (Å²) in [6, 6.07) is 13.2. The summed E-state index contributed by atoms with van der Waals surface area (Å²) in [4.78, 5) is -0.146. The van der Waals surface area contributed by atoms with Crippen molar-refractivity contribution in [3.05, 3.63) is 60.4 Å². The van der Waals surface area contributed by atoms with Gasteiger partial charge < -0.3 is 5.11 Å². The lowest BCUT2D eigenvalue weighted by atomic mass is 10.3. The predicted molar refractivity (Wildman–Crippen MR) is 79.1 cm³/mol. The molecular formula is C15H16FNO3S. The summed E-state index contributed by atoms with van der Waals surface area (Å²) in [6.07, 6.45) is -0.853. The van der Waals surface area contributed by atoms with Crippen molar-refractivity contribution in [1.82, 2.24) is 0 Å². The molecule has 112 valence electrons. The van der Waals surface area contributed by atoms with Gasteiger partial charge in [0.05, 0.1) is 23.2 Å². The highest BCUT2D eigenvalue weighted by atomic mass is 32.2. The topological polar surface area (TPSA) is 57.6 Å². The van der Waals surface area contributed by atoms with E-state index in [1.54, 1.807) is 30.3 Å². The molecule has 0 aromatic heterocycles. The Labute approximate surface area is 123 Å². The molecule has 0 saturated carbocycles. The molecule has 0 heterocycles. The number of aliphatic hydroxyl groups is 1. The number of benzene rings is 2. The molecule has 0 radical (unpaired) electrons. The van der Waals surface area contributed by atoms with Crippen molar-refractivity contribution in [1.29, 1.82) is 0 Å². The molecule has 4 nitrogen and oxygen atoms in total. The van der Waals surface area contributed by atoms with Crippen LogP contribution in [0.3, 0.4) is 0 Å². The van der Waals surface area contributed by atoms with Crippen molar-refractivity contribution in [3.63, 3.8) is 0 Å². The highest BCUT2D eigenvalue weighted by Crippen LogP contribution is 2.24. The molecule has 0 aliphatic heterocycles. The molecule has 0 bridgehead atoms. The third-order valence-corrected chi connectivity index (χ3v) is 4.65. The molecule has 1 N–H and O–H groups in total. The molecule has 2 rings (SSSR count). The highest BCUT2D eigenvalue weighted by Gasteiger charge is 2.26. The van der Waals surface area contributed by atoms with Gasteiger partial charge in [-0.2, -0.15) is 0 Å². The Kier molecular flexibility index (Phi) is 4.59. The van der Waals surface area contributed by atoms with E-state index < -0.39 is 21.9 Å². The number of para-hydroxylation sites is 1. The second-order valence-electron chi connectivity index (χ2n) is 4.68. The number of hydrogen-bond donors (Lipinski definition) is 1. The van der Waals surface area contributed by atoms with Gasteiger partial charge >= 0.3 is 0 Å². The van der Waals surface area contributed by atoms with Gasteiger partial charge in [0.15, 0.2) is 0 Å². The van der Waals surface area contributed by atoms with Gasteiger partial charge in [-0.25, -0.2) is 12.8 Å². The fraction of sp³-hybridized carbons (Fsp3) is 0.200. The fourth-order valence-corrected chi connectivity index (χ4v) is 3.51. The van der Waals surface area contributed by atoms with Crippen LogP contribution in [0.25, 0.3) is 0 Å². The van der Waals surface area contributed by atoms with Crippen LogP contribution in [-0.4, -0.2) is 26.2 Å². The van der Waals surface area contributed by atoms with Crippen LogP contribution in [0.4, 0.5) is 10.1 Å². The van der Waals surface area contributed by atoms with Gasteiger partial charge in [0.1, 0.15) is 5.82 Å². The summed E-state index contributed by atoms with van der Waals surface area (Å²) in [5, 5.41) is 9.57. The molecule has 0 fully saturated rings. The number of anilines is 1. The summed E-state index contributed by atoms with van der Waals surface area (Å²) in [6.45, 7) is 1.39. The third-order valence-electron chi connectivity index (χ3n) is 2.86. The van der Waals surface area contributed by atoms with E-state index in [2.05, 4.69) is 0 Å². The van der Waals surface area contributed by atoms with Crippen molar-refractivity contribution in [2.24, 2.45) is 0 Å². The molecule has 2 aromatic carbocycles. The van der Waals surface area contributed by atoms with Gasteiger partial charge in [0.25, 0.3) is 10.0 Å². The molecular weight excluding hydrogens is 293 g/mol. The first-order chi connectivity index (χ1) is 9.91. The zero-order valence-electron chi connectivity index (χ0n) is 11.5. The molecule has 6 heteroatoms. The lowest BCUT2D eigenvalue weighted by molar-refractivity contribution is 0.204.